The predicted molar refractivity (Wildman–Crippen MR) is 88.2 cm³/mol. The number of carbonyl (C=O) groups is 1. The van der Waals surface area contributed by atoms with Gasteiger partial charge in [0.2, 0.25) is 0 Å². The fourth-order valence-corrected chi connectivity index (χ4v) is 3.06. The summed E-state index contributed by atoms with van der Waals surface area (Å²) >= 11 is 17.9. The monoisotopic (exact) mass is 337 g/mol. The van der Waals surface area contributed by atoms with Crippen LogP contribution in [-0.4, -0.2) is 5.91 Å². The predicted octanol–water partition coefficient (Wildman–Crippen LogP) is 5.23. The summed E-state index contributed by atoms with van der Waals surface area (Å²) in [4.78, 5) is 12.0. The lowest BCUT2D eigenvalue weighted by atomic mass is 10.0. The number of rotatable bonds is 2. The SMILES string of the molecule is O=C1Nc2cc(Cl)ccc2/C1=C\Cc1cc(Cl)cc(Cl)c1. The van der Waals surface area contributed by atoms with Crippen LogP contribution >= 0.6 is 34.8 Å². The molecule has 1 N–H and O–H groups in total. The normalized spacial score (nSPS) is 15.2. The molecule has 106 valence electrons. The van der Waals surface area contributed by atoms with E-state index in [9.17, 15) is 4.79 Å². The van der Waals surface area contributed by atoms with Gasteiger partial charge < -0.3 is 5.32 Å². The number of halogens is 3. The van der Waals surface area contributed by atoms with Gasteiger partial charge in [-0.15, -0.1) is 0 Å². The summed E-state index contributed by atoms with van der Waals surface area (Å²) in [6, 6.07) is 10.7. The summed E-state index contributed by atoms with van der Waals surface area (Å²) in [5, 5.41) is 4.56. The van der Waals surface area contributed by atoms with E-state index in [-0.39, 0.29) is 5.91 Å². The summed E-state index contributed by atoms with van der Waals surface area (Å²) in [5.74, 6) is -0.125. The zero-order chi connectivity index (χ0) is 15.0. The molecule has 0 bridgehead atoms. The minimum atomic E-state index is -0.125. The molecule has 1 aliphatic rings. The highest BCUT2D eigenvalue weighted by molar-refractivity contribution is 6.35. The maximum absolute atomic E-state index is 12.0. The molecule has 2 nitrogen and oxygen atoms in total. The highest BCUT2D eigenvalue weighted by atomic mass is 35.5. The lowest BCUT2D eigenvalue weighted by molar-refractivity contribution is -0.110. The highest BCUT2D eigenvalue weighted by Gasteiger charge is 2.23. The van der Waals surface area contributed by atoms with Crippen LogP contribution in [0.5, 0.6) is 0 Å². The molecule has 1 amide bonds. The topological polar surface area (TPSA) is 29.1 Å². The number of nitrogens with one attached hydrogen (secondary N) is 1. The van der Waals surface area contributed by atoms with Crippen molar-refractivity contribution in [3.8, 4) is 0 Å². The Hall–Kier alpha value is -1.48. The van der Waals surface area contributed by atoms with E-state index >= 15 is 0 Å². The first kappa shape index (κ1) is 14.5. The Balaban J connectivity index is 1.92. The van der Waals surface area contributed by atoms with Gasteiger partial charge in [0.15, 0.2) is 0 Å². The fraction of sp³-hybridized carbons (Fsp3) is 0.0625. The van der Waals surface area contributed by atoms with Crippen LogP contribution in [0.3, 0.4) is 0 Å². The Morgan fingerprint density at radius 2 is 1.67 bits per heavy atom. The molecule has 1 aliphatic heterocycles. The molecule has 0 aliphatic carbocycles. The van der Waals surface area contributed by atoms with Crippen LogP contribution in [0.1, 0.15) is 11.1 Å². The number of fused-ring (bicyclic) bond motifs is 1. The number of hydrogen-bond donors (Lipinski definition) is 1. The standard InChI is InChI=1S/C16H10Cl3NO/c17-10-2-4-13-14(16(21)20-15(13)8-10)3-1-9-5-11(18)7-12(19)6-9/h2-8H,1H2,(H,20,21)/b14-3+. The van der Waals surface area contributed by atoms with E-state index in [1.165, 1.54) is 0 Å². The molecule has 0 atom stereocenters. The smallest absolute Gasteiger partial charge is 0.256 e. The number of allylic oxidation sites excluding steroid dienone is 1. The fourth-order valence-electron chi connectivity index (χ4n) is 2.32. The summed E-state index contributed by atoms with van der Waals surface area (Å²) < 4.78 is 0. The van der Waals surface area contributed by atoms with Gasteiger partial charge in [-0.1, -0.05) is 46.9 Å². The van der Waals surface area contributed by atoms with Gasteiger partial charge in [-0.05, 0) is 42.3 Å². The van der Waals surface area contributed by atoms with Crippen LogP contribution in [0, 0.1) is 0 Å². The number of amides is 1. The molecular formula is C16H10Cl3NO. The lowest BCUT2D eigenvalue weighted by Crippen LogP contribution is -2.04. The van der Waals surface area contributed by atoms with Crippen LogP contribution in [-0.2, 0) is 11.2 Å². The van der Waals surface area contributed by atoms with Gasteiger partial charge in [0.05, 0.1) is 5.69 Å². The molecule has 0 saturated carbocycles. The van der Waals surface area contributed by atoms with E-state index in [4.69, 9.17) is 34.8 Å². The molecule has 0 radical (unpaired) electrons. The van der Waals surface area contributed by atoms with Crippen molar-refractivity contribution in [2.75, 3.05) is 5.32 Å². The summed E-state index contributed by atoms with van der Waals surface area (Å²) in [6.07, 6.45) is 2.45. The van der Waals surface area contributed by atoms with Crippen molar-refractivity contribution < 1.29 is 4.79 Å². The zero-order valence-corrected chi connectivity index (χ0v) is 13.1. The summed E-state index contributed by atoms with van der Waals surface area (Å²) in [6.45, 7) is 0. The van der Waals surface area contributed by atoms with E-state index in [2.05, 4.69) is 5.32 Å². The first-order valence-electron chi connectivity index (χ1n) is 6.29. The largest absolute Gasteiger partial charge is 0.321 e. The van der Waals surface area contributed by atoms with Crippen LogP contribution in [0.2, 0.25) is 15.1 Å². The van der Waals surface area contributed by atoms with Crippen LogP contribution in [0.15, 0.2) is 42.5 Å². The van der Waals surface area contributed by atoms with E-state index in [1.54, 1.807) is 18.2 Å². The quantitative estimate of drug-likeness (QED) is 0.747. The van der Waals surface area contributed by atoms with Crippen molar-refractivity contribution in [2.24, 2.45) is 0 Å². The van der Waals surface area contributed by atoms with Crippen LogP contribution in [0.4, 0.5) is 5.69 Å². The van der Waals surface area contributed by atoms with E-state index < -0.39 is 0 Å². The Bertz CT molecular complexity index is 748. The van der Waals surface area contributed by atoms with Gasteiger partial charge >= 0.3 is 0 Å². The maximum atomic E-state index is 12.0. The van der Waals surface area contributed by atoms with Crippen LogP contribution < -0.4 is 5.32 Å². The van der Waals surface area contributed by atoms with Gasteiger partial charge in [0, 0.05) is 26.2 Å². The van der Waals surface area contributed by atoms with Crippen molar-refractivity contribution >= 4 is 52.0 Å². The Labute approximate surface area is 137 Å². The second-order valence-corrected chi connectivity index (χ2v) is 6.05. The molecular weight excluding hydrogens is 329 g/mol. The minimum Gasteiger partial charge on any atom is -0.321 e. The van der Waals surface area contributed by atoms with Crippen molar-refractivity contribution in [2.45, 2.75) is 6.42 Å². The molecule has 2 aromatic rings. The number of anilines is 1. The van der Waals surface area contributed by atoms with Crippen molar-refractivity contribution in [3.63, 3.8) is 0 Å². The number of carbonyl (C=O) groups excluding carboxylic acids is 1. The van der Waals surface area contributed by atoms with Gasteiger partial charge in [0.25, 0.3) is 5.91 Å². The molecule has 1 heterocycles. The molecule has 0 unspecified atom stereocenters. The first-order valence-corrected chi connectivity index (χ1v) is 7.43. The third kappa shape index (κ3) is 3.08. The average Bonchev–Trinajstić information content (AvgIpc) is 2.70. The first-order chi connectivity index (χ1) is 10.0. The van der Waals surface area contributed by atoms with E-state index in [1.807, 2.05) is 24.3 Å². The summed E-state index contributed by atoms with van der Waals surface area (Å²) in [5.41, 5.74) is 3.19. The molecule has 0 fully saturated rings. The molecule has 0 aromatic heterocycles. The van der Waals surface area contributed by atoms with Crippen molar-refractivity contribution in [1.82, 2.24) is 0 Å². The van der Waals surface area contributed by atoms with Crippen molar-refractivity contribution in [3.05, 3.63) is 68.7 Å². The minimum absolute atomic E-state index is 0.125. The highest BCUT2D eigenvalue weighted by Crippen LogP contribution is 2.34. The summed E-state index contributed by atoms with van der Waals surface area (Å²) in [7, 11) is 0. The van der Waals surface area contributed by atoms with Gasteiger partial charge in [-0.3, -0.25) is 4.79 Å². The molecule has 3 rings (SSSR count). The second-order valence-electron chi connectivity index (χ2n) is 4.74. The van der Waals surface area contributed by atoms with Gasteiger partial charge in [0.1, 0.15) is 0 Å². The maximum Gasteiger partial charge on any atom is 0.256 e. The Kier molecular flexibility index (Phi) is 3.94. The molecule has 0 saturated heterocycles. The zero-order valence-electron chi connectivity index (χ0n) is 10.8. The van der Waals surface area contributed by atoms with Crippen LogP contribution in [0.25, 0.3) is 5.57 Å². The molecule has 0 spiro atoms. The molecule has 2 aromatic carbocycles. The lowest BCUT2D eigenvalue weighted by Gasteiger charge is -2.01. The van der Waals surface area contributed by atoms with Gasteiger partial charge in [-0.2, -0.15) is 0 Å². The number of benzene rings is 2. The Morgan fingerprint density at radius 3 is 2.38 bits per heavy atom. The average molecular weight is 339 g/mol. The third-order valence-corrected chi connectivity index (χ3v) is 3.90. The molecule has 21 heavy (non-hydrogen) atoms. The number of hydrogen-bond acceptors (Lipinski definition) is 1. The van der Waals surface area contributed by atoms with E-state index in [0.29, 0.717) is 27.1 Å². The van der Waals surface area contributed by atoms with Crippen molar-refractivity contribution in [1.29, 1.82) is 0 Å². The van der Waals surface area contributed by atoms with Gasteiger partial charge in [-0.25, -0.2) is 0 Å². The Morgan fingerprint density at radius 1 is 0.952 bits per heavy atom. The van der Waals surface area contributed by atoms with E-state index in [0.717, 1.165) is 16.8 Å². The molecule has 5 heteroatoms. The second kappa shape index (κ2) is 5.72. The third-order valence-electron chi connectivity index (χ3n) is 3.23.